The lowest BCUT2D eigenvalue weighted by Gasteiger charge is -2.16. The van der Waals surface area contributed by atoms with Crippen molar-refractivity contribution in [2.45, 2.75) is 45.1 Å². The second-order valence-corrected chi connectivity index (χ2v) is 6.25. The Balaban J connectivity index is 1.64. The highest BCUT2D eigenvalue weighted by Gasteiger charge is 2.18. The summed E-state index contributed by atoms with van der Waals surface area (Å²) in [6.45, 7) is 1.87. The zero-order valence-electron chi connectivity index (χ0n) is 15.5. The third kappa shape index (κ3) is 6.78. The maximum atomic E-state index is 12.0. The Morgan fingerprint density at radius 3 is 2.54 bits per heavy atom. The van der Waals surface area contributed by atoms with Gasteiger partial charge in [0.15, 0.2) is 12.7 Å². The molecule has 0 bridgehead atoms. The van der Waals surface area contributed by atoms with E-state index in [-0.39, 0.29) is 12.5 Å². The highest BCUT2D eigenvalue weighted by molar-refractivity contribution is 5.83. The summed E-state index contributed by atoms with van der Waals surface area (Å²) in [5.41, 5.74) is 1.40. The van der Waals surface area contributed by atoms with Gasteiger partial charge in [-0.05, 0) is 63.3 Å². The molecule has 6 heteroatoms. The van der Waals surface area contributed by atoms with Crippen molar-refractivity contribution in [3.05, 3.63) is 35.9 Å². The van der Waals surface area contributed by atoms with Gasteiger partial charge in [-0.3, -0.25) is 4.79 Å². The number of nitrogens with one attached hydrogen (secondary N) is 1. The lowest BCUT2D eigenvalue weighted by Crippen LogP contribution is -2.37. The van der Waals surface area contributed by atoms with Gasteiger partial charge in [-0.1, -0.05) is 11.6 Å². The number of methoxy groups -OCH3 is 1. The minimum Gasteiger partial charge on any atom is -0.497 e. The number of ether oxygens (including phenoxy) is 3. The van der Waals surface area contributed by atoms with Gasteiger partial charge in [0.05, 0.1) is 7.11 Å². The molecular formula is C20H27NO5. The molecule has 0 heterocycles. The number of carbonyl (C=O) groups excluding carboxylic acids is 2. The summed E-state index contributed by atoms with van der Waals surface area (Å²) >= 11 is 0. The first-order valence-electron chi connectivity index (χ1n) is 9.00. The molecule has 0 spiro atoms. The summed E-state index contributed by atoms with van der Waals surface area (Å²) in [5.74, 6) is 0.354. The van der Waals surface area contributed by atoms with Crippen LogP contribution in [0.3, 0.4) is 0 Å². The van der Waals surface area contributed by atoms with Crippen LogP contribution in [0.1, 0.15) is 39.0 Å². The molecule has 1 aromatic carbocycles. The summed E-state index contributed by atoms with van der Waals surface area (Å²) < 4.78 is 15.5. The average molecular weight is 361 g/mol. The topological polar surface area (TPSA) is 73.9 Å². The summed E-state index contributed by atoms with van der Waals surface area (Å²) in [6.07, 6.45) is 6.99. The smallest absolute Gasteiger partial charge is 0.344 e. The molecule has 0 radical (unpaired) electrons. The second-order valence-electron chi connectivity index (χ2n) is 6.25. The molecular weight excluding hydrogens is 334 g/mol. The quantitative estimate of drug-likeness (QED) is 0.541. The molecule has 1 atom stereocenters. The van der Waals surface area contributed by atoms with E-state index in [1.54, 1.807) is 38.3 Å². The molecule has 1 N–H and O–H groups in total. The van der Waals surface area contributed by atoms with Crippen molar-refractivity contribution in [1.29, 1.82) is 0 Å². The van der Waals surface area contributed by atoms with Crippen LogP contribution >= 0.6 is 0 Å². The van der Waals surface area contributed by atoms with E-state index < -0.39 is 12.1 Å². The molecule has 0 unspecified atom stereocenters. The third-order valence-electron chi connectivity index (χ3n) is 4.22. The number of carbonyl (C=O) groups is 2. The van der Waals surface area contributed by atoms with Crippen LogP contribution in [-0.4, -0.2) is 38.2 Å². The Morgan fingerprint density at radius 2 is 1.88 bits per heavy atom. The van der Waals surface area contributed by atoms with E-state index in [0.717, 1.165) is 19.3 Å². The lowest BCUT2D eigenvalue weighted by atomic mass is 9.97. The molecule has 6 nitrogen and oxygen atoms in total. The van der Waals surface area contributed by atoms with Gasteiger partial charge in [0.1, 0.15) is 11.5 Å². The molecule has 1 aliphatic rings. The van der Waals surface area contributed by atoms with Crippen molar-refractivity contribution >= 4 is 11.9 Å². The fourth-order valence-corrected chi connectivity index (χ4v) is 2.72. The molecule has 1 amide bonds. The van der Waals surface area contributed by atoms with E-state index in [9.17, 15) is 9.59 Å². The molecule has 2 rings (SSSR count). The van der Waals surface area contributed by atoms with Gasteiger partial charge in [-0.2, -0.15) is 0 Å². The van der Waals surface area contributed by atoms with E-state index in [0.29, 0.717) is 18.0 Å². The summed E-state index contributed by atoms with van der Waals surface area (Å²) in [7, 11) is 1.58. The predicted octanol–water partition coefficient (Wildman–Crippen LogP) is 3.01. The van der Waals surface area contributed by atoms with Crippen LogP contribution in [0.5, 0.6) is 11.5 Å². The van der Waals surface area contributed by atoms with Crippen LogP contribution in [0, 0.1) is 0 Å². The molecule has 0 fully saturated rings. The molecule has 0 saturated carbocycles. The van der Waals surface area contributed by atoms with Gasteiger partial charge in [0.2, 0.25) is 0 Å². The Hall–Kier alpha value is -2.50. The third-order valence-corrected chi connectivity index (χ3v) is 4.22. The molecule has 1 aliphatic carbocycles. The lowest BCUT2D eigenvalue weighted by molar-refractivity contribution is -0.156. The normalized spacial score (nSPS) is 14.8. The standard InChI is InChI=1S/C20H27NO5/c1-15(20(23)21-13-12-16-6-4-3-5-7-16)26-19(22)14-25-18-10-8-17(24-2)9-11-18/h6,8-11,15H,3-5,7,12-14H2,1-2H3,(H,21,23)/t15-/m0/s1. The zero-order valence-corrected chi connectivity index (χ0v) is 15.5. The SMILES string of the molecule is COc1ccc(OCC(=O)O[C@@H](C)C(=O)NCCC2=CCCCC2)cc1. The Labute approximate surface area is 154 Å². The summed E-state index contributed by atoms with van der Waals surface area (Å²) in [6, 6.07) is 6.86. The summed E-state index contributed by atoms with van der Waals surface area (Å²) in [5, 5.41) is 2.81. The number of hydrogen-bond acceptors (Lipinski definition) is 5. The number of benzene rings is 1. The minimum atomic E-state index is -0.845. The molecule has 1 aromatic rings. The fraction of sp³-hybridized carbons (Fsp3) is 0.500. The van der Waals surface area contributed by atoms with Crippen molar-refractivity contribution < 1.29 is 23.8 Å². The van der Waals surface area contributed by atoms with Crippen molar-refractivity contribution in [2.24, 2.45) is 0 Å². The highest BCUT2D eigenvalue weighted by atomic mass is 16.6. The van der Waals surface area contributed by atoms with Crippen LogP contribution in [0.4, 0.5) is 0 Å². The van der Waals surface area contributed by atoms with Crippen molar-refractivity contribution in [1.82, 2.24) is 5.32 Å². The van der Waals surface area contributed by atoms with Gasteiger partial charge in [-0.15, -0.1) is 0 Å². The van der Waals surface area contributed by atoms with Crippen molar-refractivity contribution in [3.8, 4) is 11.5 Å². The van der Waals surface area contributed by atoms with Crippen LogP contribution in [0.15, 0.2) is 35.9 Å². The van der Waals surface area contributed by atoms with Crippen molar-refractivity contribution in [2.75, 3.05) is 20.3 Å². The maximum Gasteiger partial charge on any atom is 0.344 e. The monoisotopic (exact) mass is 361 g/mol. The summed E-state index contributed by atoms with van der Waals surface area (Å²) in [4.78, 5) is 23.8. The number of rotatable bonds is 9. The first-order valence-corrected chi connectivity index (χ1v) is 9.00. The molecule has 0 saturated heterocycles. The van der Waals surface area contributed by atoms with E-state index >= 15 is 0 Å². The van der Waals surface area contributed by atoms with Crippen LogP contribution in [0.2, 0.25) is 0 Å². The minimum absolute atomic E-state index is 0.253. The Kier molecular flexibility index (Phi) is 7.99. The highest BCUT2D eigenvalue weighted by Crippen LogP contribution is 2.19. The first kappa shape index (κ1) is 19.8. The van der Waals surface area contributed by atoms with E-state index in [1.165, 1.54) is 18.4 Å². The van der Waals surface area contributed by atoms with Crippen molar-refractivity contribution in [3.63, 3.8) is 0 Å². The fourth-order valence-electron chi connectivity index (χ4n) is 2.72. The van der Waals surface area contributed by atoms with Gasteiger partial charge >= 0.3 is 5.97 Å². The predicted molar refractivity (Wildman–Crippen MR) is 98.2 cm³/mol. The number of amides is 1. The largest absolute Gasteiger partial charge is 0.497 e. The molecule has 0 aromatic heterocycles. The number of hydrogen-bond donors (Lipinski definition) is 1. The molecule has 0 aliphatic heterocycles. The van der Waals surface area contributed by atoms with Crippen LogP contribution in [-0.2, 0) is 14.3 Å². The van der Waals surface area contributed by atoms with E-state index in [1.807, 2.05) is 0 Å². The maximum absolute atomic E-state index is 12.0. The molecule has 142 valence electrons. The van der Waals surface area contributed by atoms with E-state index in [4.69, 9.17) is 14.2 Å². The van der Waals surface area contributed by atoms with E-state index in [2.05, 4.69) is 11.4 Å². The number of allylic oxidation sites excluding steroid dienone is 1. The van der Waals surface area contributed by atoms with Crippen LogP contribution in [0.25, 0.3) is 0 Å². The van der Waals surface area contributed by atoms with Gasteiger partial charge in [0, 0.05) is 6.54 Å². The second kappa shape index (κ2) is 10.5. The Morgan fingerprint density at radius 1 is 1.15 bits per heavy atom. The van der Waals surface area contributed by atoms with Crippen LogP contribution < -0.4 is 14.8 Å². The average Bonchev–Trinajstić information content (AvgIpc) is 2.67. The zero-order chi connectivity index (χ0) is 18.8. The Bertz CT molecular complexity index is 624. The first-order chi connectivity index (χ1) is 12.6. The number of esters is 1. The van der Waals surface area contributed by atoms with Gasteiger partial charge < -0.3 is 19.5 Å². The van der Waals surface area contributed by atoms with Gasteiger partial charge in [-0.25, -0.2) is 4.79 Å². The van der Waals surface area contributed by atoms with Gasteiger partial charge in [0.25, 0.3) is 5.91 Å². The molecule has 26 heavy (non-hydrogen) atoms.